The van der Waals surface area contributed by atoms with Gasteiger partial charge < -0.3 is 0 Å². The molecule has 0 spiro atoms. The monoisotopic (exact) mass is 250 g/mol. The SMILES string of the molecule is CCCn1nccc1-c1cc(Cl)nc(CC)n1. The fraction of sp³-hybridized carbons (Fsp3) is 0.417. The molecule has 2 aromatic rings. The van der Waals surface area contributed by atoms with E-state index < -0.39 is 0 Å². The zero-order chi connectivity index (χ0) is 12.3. The third-order valence-corrected chi connectivity index (χ3v) is 2.67. The molecule has 0 aromatic carbocycles. The smallest absolute Gasteiger partial charge is 0.133 e. The number of aromatic nitrogens is 4. The average Bonchev–Trinajstić information content (AvgIpc) is 2.77. The first-order chi connectivity index (χ1) is 8.24. The number of nitrogens with zero attached hydrogens (tertiary/aromatic N) is 4. The van der Waals surface area contributed by atoms with E-state index in [4.69, 9.17) is 11.6 Å². The van der Waals surface area contributed by atoms with Crippen molar-refractivity contribution in [3.8, 4) is 11.4 Å². The molecule has 0 aliphatic carbocycles. The van der Waals surface area contributed by atoms with Crippen LogP contribution >= 0.6 is 11.6 Å². The van der Waals surface area contributed by atoms with Gasteiger partial charge in [-0.2, -0.15) is 5.10 Å². The lowest BCUT2D eigenvalue weighted by Crippen LogP contribution is -2.03. The minimum Gasteiger partial charge on any atom is -0.263 e. The van der Waals surface area contributed by atoms with Crippen LogP contribution in [-0.4, -0.2) is 19.7 Å². The molecule has 0 amide bonds. The van der Waals surface area contributed by atoms with Crippen molar-refractivity contribution < 1.29 is 0 Å². The molecule has 0 aliphatic rings. The van der Waals surface area contributed by atoms with Gasteiger partial charge in [-0.05, 0) is 12.5 Å². The number of aryl methyl sites for hydroxylation is 2. The average molecular weight is 251 g/mol. The molecule has 0 radical (unpaired) electrons. The largest absolute Gasteiger partial charge is 0.263 e. The molecule has 0 N–H and O–H groups in total. The molecular weight excluding hydrogens is 236 g/mol. The van der Waals surface area contributed by atoms with Crippen molar-refractivity contribution in [2.24, 2.45) is 0 Å². The van der Waals surface area contributed by atoms with Gasteiger partial charge in [0.25, 0.3) is 0 Å². The second-order valence-electron chi connectivity index (χ2n) is 3.79. The van der Waals surface area contributed by atoms with Gasteiger partial charge in [0.1, 0.15) is 11.0 Å². The lowest BCUT2D eigenvalue weighted by atomic mass is 10.3. The Labute approximate surface area is 106 Å². The van der Waals surface area contributed by atoms with Crippen molar-refractivity contribution in [2.45, 2.75) is 33.2 Å². The van der Waals surface area contributed by atoms with Gasteiger partial charge in [-0.15, -0.1) is 0 Å². The highest BCUT2D eigenvalue weighted by atomic mass is 35.5. The van der Waals surface area contributed by atoms with Crippen molar-refractivity contribution in [1.82, 2.24) is 19.7 Å². The molecule has 2 heterocycles. The Morgan fingerprint density at radius 1 is 1.29 bits per heavy atom. The lowest BCUT2D eigenvalue weighted by molar-refractivity contribution is 0.607. The molecular formula is C12H15ClN4. The van der Waals surface area contributed by atoms with Crippen molar-refractivity contribution in [2.75, 3.05) is 0 Å². The molecule has 17 heavy (non-hydrogen) atoms. The van der Waals surface area contributed by atoms with Crippen molar-refractivity contribution in [3.63, 3.8) is 0 Å². The molecule has 2 rings (SSSR count). The van der Waals surface area contributed by atoms with Gasteiger partial charge in [0, 0.05) is 25.2 Å². The van der Waals surface area contributed by atoms with Crippen molar-refractivity contribution >= 4 is 11.6 Å². The fourth-order valence-corrected chi connectivity index (χ4v) is 1.90. The summed E-state index contributed by atoms with van der Waals surface area (Å²) in [4.78, 5) is 8.64. The van der Waals surface area contributed by atoms with Crippen LogP contribution in [0.1, 0.15) is 26.1 Å². The molecule has 0 saturated heterocycles. The maximum Gasteiger partial charge on any atom is 0.133 e. The molecule has 0 unspecified atom stereocenters. The summed E-state index contributed by atoms with van der Waals surface area (Å²) in [5.74, 6) is 0.761. The standard InChI is InChI=1S/C12H15ClN4/c1-3-7-17-10(5-6-14-17)9-8-11(13)16-12(4-2)15-9/h5-6,8H,3-4,7H2,1-2H3. The van der Waals surface area contributed by atoms with Gasteiger partial charge in [-0.25, -0.2) is 9.97 Å². The fourth-order valence-electron chi connectivity index (χ4n) is 1.69. The first-order valence-corrected chi connectivity index (χ1v) is 6.18. The summed E-state index contributed by atoms with van der Waals surface area (Å²) in [6, 6.07) is 3.73. The Balaban J connectivity index is 2.44. The first-order valence-electron chi connectivity index (χ1n) is 5.80. The van der Waals surface area contributed by atoms with E-state index >= 15 is 0 Å². The summed E-state index contributed by atoms with van der Waals surface area (Å²) in [6.45, 7) is 5.01. The molecule has 0 bridgehead atoms. The van der Waals surface area contributed by atoms with Crippen LogP contribution in [0.3, 0.4) is 0 Å². The topological polar surface area (TPSA) is 43.6 Å². The van der Waals surface area contributed by atoms with E-state index in [9.17, 15) is 0 Å². The number of hydrogen-bond acceptors (Lipinski definition) is 3. The van der Waals surface area contributed by atoms with Gasteiger partial charge in [0.15, 0.2) is 0 Å². The van der Waals surface area contributed by atoms with Crippen LogP contribution in [0.25, 0.3) is 11.4 Å². The number of halogens is 1. The summed E-state index contributed by atoms with van der Waals surface area (Å²) >= 11 is 5.99. The van der Waals surface area contributed by atoms with E-state index in [1.165, 1.54) is 0 Å². The van der Waals surface area contributed by atoms with E-state index in [0.717, 1.165) is 36.6 Å². The van der Waals surface area contributed by atoms with E-state index in [0.29, 0.717) is 5.15 Å². The zero-order valence-electron chi connectivity index (χ0n) is 10.0. The molecule has 0 fully saturated rings. The predicted octanol–water partition coefficient (Wildman–Crippen LogP) is 2.97. The molecule has 2 aromatic heterocycles. The highest BCUT2D eigenvalue weighted by Gasteiger charge is 2.09. The van der Waals surface area contributed by atoms with Crippen LogP contribution in [-0.2, 0) is 13.0 Å². The molecule has 90 valence electrons. The molecule has 0 aliphatic heterocycles. The van der Waals surface area contributed by atoms with E-state index in [1.54, 1.807) is 12.3 Å². The van der Waals surface area contributed by atoms with Crippen LogP contribution in [0.2, 0.25) is 5.15 Å². The maximum absolute atomic E-state index is 5.99. The van der Waals surface area contributed by atoms with Crippen LogP contribution in [0.4, 0.5) is 0 Å². The van der Waals surface area contributed by atoms with E-state index in [2.05, 4.69) is 22.0 Å². The minimum atomic E-state index is 0.482. The number of hydrogen-bond donors (Lipinski definition) is 0. The van der Waals surface area contributed by atoms with Gasteiger partial charge >= 0.3 is 0 Å². The summed E-state index contributed by atoms with van der Waals surface area (Å²) in [7, 11) is 0. The Morgan fingerprint density at radius 2 is 2.12 bits per heavy atom. The Kier molecular flexibility index (Phi) is 3.74. The predicted molar refractivity (Wildman–Crippen MR) is 67.9 cm³/mol. The van der Waals surface area contributed by atoms with Crippen LogP contribution in [0.5, 0.6) is 0 Å². The van der Waals surface area contributed by atoms with E-state index in [-0.39, 0.29) is 0 Å². The molecule has 0 atom stereocenters. The summed E-state index contributed by atoms with van der Waals surface area (Å²) in [5, 5.41) is 4.76. The Bertz CT molecular complexity index is 507. The van der Waals surface area contributed by atoms with Crippen molar-refractivity contribution in [1.29, 1.82) is 0 Å². The second-order valence-corrected chi connectivity index (χ2v) is 4.17. The van der Waals surface area contributed by atoms with Crippen LogP contribution in [0.15, 0.2) is 18.3 Å². The van der Waals surface area contributed by atoms with Gasteiger partial charge in [0.05, 0.1) is 11.4 Å². The first kappa shape index (κ1) is 12.0. The summed E-state index contributed by atoms with van der Waals surface area (Å²) in [5.41, 5.74) is 1.83. The third kappa shape index (κ3) is 2.64. The van der Waals surface area contributed by atoms with Crippen molar-refractivity contribution in [3.05, 3.63) is 29.3 Å². The highest BCUT2D eigenvalue weighted by molar-refractivity contribution is 6.29. The molecule has 5 heteroatoms. The normalized spacial score (nSPS) is 10.8. The highest BCUT2D eigenvalue weighted by Crippen LogP contribution is 2.20. The second kappa shape index (κ2) is 5.27. The Morgan fingerprint density at radius 3 is 2.82 bits per heavy atom. The van der Waals surface area contributed by atoms with Gasteiger partial charge in [-0.1, -0.05) is 25.4 Å². The van der Waals surface area contributed by atoms with Gasteiger partial charge in [0.2, 0.25) is 0 Å². The molecule has 0 saturated carbocycles. The van der Waals surface area contributed by atoms with Crippen LogP contribution < -0.4 is 0 Å². The number of rotatable bonds is 4. The summed E-state index contributed by atoms with van der Waals surface area (Å²) < 4.78 is 1.94. The minimum absolute atomic E-state index is 0.482. The quantitative estimate of drug-likeness (QED) is 0.784. The summed E-state index contributed by atoms with van der Waals surface area (Å²) in [6.07, 6.45) is 3.59. The van der Waals surface area contributed by atoms with Gasteiger partial charge in [-0.3, -0.25) is 4.68 Å². The van der Waals surface area contributed by atoms with Crippen LogP contribution in [0, 0.1) is 0 Å². The molecule has 4 nitrogen and oxygen atoms in total. The maximum atomic E-state index is 5.99. The van der Waals surface area contributed by atoms with E-state index in [1.807, 2.05) is 17.7 Å². The lowest BCUT2D eigenvalue weighted by Gasteiger charge is -2.07. The Hall–Kier alpha value is -1.42. The third-order valence-electron chi connectivity index (χ3n) is 2.47. The zero-order valence-corrected chi connectivity index (χ0v) is 10.8.